The summed E-state index contributed by atoms with van der Waals surface area (Å²) in [6.07, 6.45) is -4.75. The zero-order valence-corrected chi connectivity index (χ0v) is 9.82. The van der Waals surface area contributed by atoms with Crippen molar-refractivity contribution < 1.29 is 23.0 Å². The van der Waals surface area contributed by atoms with Gasteiger partial charge in [0.1, 0.15) is 5.75 Å². The monoisotopic (exact) mass is 268 g/mol. The van der Waals surface area contributed by atoms with E-state index in [2.05, 4.69) is 4.74 Å². The third-order valence-electron chi connectivity index (χ3n) is 2.49. The summed E-state index contributed by atoms with van der Waals surface area (Å²) >= 11 is 0. The maximum atomic E-state index is 12.2. The molecule has 0 aliphatic heterocycles. The minimum absolute atomic E-state index is 0.335. The van der Waals surface area contributed by atoms with E-state index in [9.17, 15) is 13.2 Å². The first kappa shape index (κ1) is 13.4. The van der Waals surface area contributed by atoms with Gasteiger partial charge < -0.3 is 9.84 Å². The third-order valence-corrected chi connectivity index (χ3v) is 2.49. The van der Waals surface area contributed by atoms with Crippen molar-refractivity contribution in [2.75, 3.05) is 0 Å². The van der Waals surface area contributed by atoms with Crippen molar-refractivity contribution in [3.63, 3.8) is 0 Å². The largest absolute Gasteiger partial charge is 0.573 e. The van der Waals surface area contributed by atoms with Crippen molar-refractivity contribution in [1.82, 2.24) is 0 Å². The van der Waals surface area contributed by atoms with Crippen LogP contribution in [0.5, 0.6) is 5.75 Å². The van der Waals surface area contributed by atoms with Crippen LogP contribution in [0.4, 0.5) is 13.2 Å². The number of halogens is 3. The molecule has 2 nitrogen and oxygen atoms in total. The lowest BCUT2D eigenvalue weighted by molar-refractivity contribution is -0.274. The Morgan fingerprint density at radius 1 is 0.947 bits per heavy atom. The Morgan fingerprint density at radius 2 is 1.63 bits per heavy atom. The second kappa shape index (κ2) is 5.32. The normalized spacial score (nSPS) is 11.4. The van der Waals surface area contributed by atoms with Crippen LogP contribution in [0, 0.1) is 0 Å². The van der Waals surface area contributed by atoms with E-state index < -0.39 is 6.36 Å². The second-order valence-corrected chi connectivity index (χ2v) is 3.94. The number of aliphatic hydroxyl groups is 1. The molecule has 1 N–H and O–H groups in total. The maximum absolute atomic E-state index is 12.2. The summed E-state index contributed by atoms with van der Waals surface area (Å²) < 4.78 is 40.6. The Kier molecular flexibility index (Phi) is 3.76. The molecule has 0 saturated heterocycles. The van der Waals surface area contributed by atoms with E-state index >= 15 is 0 Å². The molecular formula is C14H11F3O2. The number of hydrogen-bond acceptors (Lipinski definition) is 2. The van der Waals surface area contributed by atoms with Gasteiger partial charge in [-0.15, -0.1) is 13.2 Å². The SMILES string of the molecule is OCc1cc(OC(F)(F)F)cc(-c2ccccc2)c1. The van der Waals surface area contributed by atoms with E-state index in [0.29, 0.717) is 11.1 Å². The summed E-state index contributed by atoms with van der Waals surface area (Å²) in [5, 5.41) is 9.09. The Balaban J connectivity index is 2.42. The average molecular weight is 268 g/mol. The number of alkyl halides is 3. The minimum Gasteiger partial charge on any atom is -0.406 e. The fourth-order valence-corrected chi connectivity index (χ4v) is 1.74. The summed E-state index contributed by atoms with van der Waals surface area (Å²) in [5.74, 6) is -0.335. The molecule has 0 aliphatic carbocycles. The molecule has 0 aliphatic rings. The maximum Gasteiger partial charge on any atom is 0.573 e. The molecule has 2 aromatic rings. The van der Waals surface area contributed by atoms with Crippen molar-refractivity contribution in [2.45, 2.75) is 13.0 Å². The molecule has 2 rings (SSSR count). The smallest absolute Gasteiger partial charge is 0.406 e. The fraction of sp³-hybridized carbons (Fsp3) is 0.143. The van der Waals surface area contributed by atoms with Crippen molar-refractivity contribution in [1.29, 1.82) is 0 Å². The molecule has 0 heterocycles. The average Bonchev–Trinajstić information content (AvgIpc) is 2.37. The van der Waals surface area contributed by atoms with Crippen LogP contribution in [-0.2, 0) is 6.61 Å². The summed E-state index contributed by atoms with van der Waals surface area (Å²) in [7, 11) is 0. The molecule has 0 amide bonds. The molecule has 0 unspecified atom stereocenters. The van der Waals surface area contributed by atoms with Crippen LogP contribution >= 0.6 is 0 Å². The highest BCUT2D eigenvalue weighted by atomic mass is 19.4. The topological polar surface area (TPSA) is 29.5 Å². The van der Waals surface area contributed by atoms with E-state index in [4.69, 9.17) is 5.11 Å². The number of ether oxygens (including phenoxy) is 1. The predicted octanol–water partition coefficient (Wildman–Crippen LogP) is 3.74. The van der Waals surface area contributed by atoms with E-state index in [1.165, 1.54) is 12.1 Å². The number of hydrogen-bond donors (Lipinski definition) is 1. The standard InChI is InChI=1S/C14H11F3O2/c15-14(16,17)19-13-7-10(9-18)6-12(8-13)11-4-2-1-3-5-11/h1-8,18H,9H2. The van der Waals surface area contributed by atoms with Crippen molar-refractivity contribution in [3.8, 4) is 16.9 Å². The highest BCUT2D eigenvalue weighted by Gasteiger charge is 2.31. The molecule has 5 heteroatoms. The summed E-state index contributed by atoms with van der Waals surface area (Å²) in [6, 6.07) is 13.0. The molecule has 0 fully saturated rings. The Bertz CT molecular complexity index is 550. The van der Waals surface area contributed by atoms with Crippen LogP contribution in [0.15, 0.2) is 48.5 Å². The lowest BCUT2D eigenvalue weighted by Crippen LogP contribution is -2.17. The van der Waals surface area contributed by atoms with Gasteiger partial charge in [-0.1, -0.05) is 30.3 Å². The highest BCUT2D eigenvalue weighted by Crippen LogP contribution is 2.29. The summed E-state index contributed by atoms with van der Waals surface area (Å²) in [5.41, 5.74) is 1.68. The summed E-state index contributed by atoms with van der Waals surface area (Å²) in [6.45, 7) is -0.352. The zero-order chi connectivity index (χ0) is 13.9. The van der Waals surface area contributed by atoms with Crippen LogP contribution in [0.3, 0.4) is 0 Å². The van der Waals surface area contributed by atoms with Gasteiger partial charge in [0, 0.05) is 0 Å². The van der Waals surface area contributed by atoms with Gasteiger partial charge in [0.2, 0.25) is 0 Å². The van der Waals surface area contributed by atoms with Crippen LogP contribution < -0.4 is 4.74 Å². The van der Waals surface area contributed by atoms with Crippen molar-refractivity contribution in [2.24, 2.45) is 0 Å². The highest BCUT2D eigenvalue weighted by molar-refractivity contribution is 5.66. The van der Waals surface area contributed by atoms with Crippen molar-refractivity contribution >= 4 is 0 Å². The molecule has 0 saturated carbocycles. The van der Waals surface area contributed by atoms with E-state index in [1.807, 2.05) is 6.07 Å². The molecule has 19 heavy (non-hydrogen) atoms. The van der Waals surface area contributed by atoms with Gasteiger partial charge in [-0.25, -0.2) is 0 Å². The molecule has 0 aromatic heterocycles. The summed E-state index contributed by atoms with van der Waals surface area (Å²) in [4.78, 5) is 0. The van der Waals surface area contributed by atoms with Gasteiger partial charge in [0.05, 0.1) is 6.61 Å². The number of benzene rings is 2. The first-order chi connectivity index (χ1) is 8.98. The lowest BCUT2D eigenvalue weighted by Gasteiger charge is -2.12. The zero-order valence-electron chi connectivity index (χ0n) is 9.82. The van der Waals surface area contributed by atoms with Crippen molar-refractivity contribution in [3.05, 3.63) is 54.1 Å². The quantitative estimate of drug-likeness (QED) is 0.918. The Morgan fingerprint density at radius 3 is 2.21 bits per heavy atom. The van der Waals surface area contributed by atoms with Gasteiger partial charge in [-0.2, -0.15) is 0 Å². The molecule has 0 atom stereocenters. The molecule has 0 spiro atoms. The van der Waals surface area contributed by atoms with E-state index in [0.717, 1.165) is 5.56 Å². The lowest BCUT2D eigenvalue weighted by atomic mass is 10.0. The molecule has 100 valence electrons. The third kappa shape index (κ3) is 3.72. The first-order valence-corrected chi connectivity index (χ1v) is 5.54. The Labute approximate surface area is 108 Å². The molecule has 0 bridgehead atoms. The first-order valence-electron chi connectivity index (χ1n) is 5.54. The Hall–Kier alpha value is -2.01. The fourth-order valence-electron chi connectivity index (χ4n) is 1.74. The van der Waals surface area contributed by atoms with Gasteiger partial charge in [0.15, 0.2) is 0 Å². The van der Waals surface area contributed by atoms with Gasteiger partial charge in [0.25, 0.3) is 0 Å². The van der Waals surface area contributed by atoms with Gasteiger partial charge in [-0.3, -0.25) is 0 Å². The van der Waals surface area contributed by atoms with Crippen LogP contribution in [-0.4, -0.2) is 11.5 Å². The minimum atomic E-state index is -4.75. The van der Waals surface area contributed by atoms with Gasteiger partial charge >= 0.3 is 6.36 Å². The van der Waals surface area contributed by atoms with Crippen LogP contribution in [0.2, 0.25) is 0 Å². The van der Waals surface area contributed by atoms with Crippen LogP contribution in [0.1, 0.15) is 5.56 Å². The van der Waals surface area contributed by atoms with E-state index in [-0.39, 0.29) is 12.4 Å². The number of rotatable bonds is 3. The molecular weight excluding hydrogens is 257 g/mol. The second-order valence-electron chi connectivity index (χ2n) is 3.94. The molecule has 0 radical (unpaired) electrons. The molecule has 2 aromatic carbocycles. The van der Waals surface area contributed by atoms with Gasteiger partial charge in [-0.05, 0) is 34.9 Å². The predicted molar refractivity (Wildman–Crippen MR) is 64.5 cm³/mol. The number of aliphatic hydroxyl groups excluding tert-OH is 1. The van der Waals surface area contributed by atoms with Crippen LogP contribution in [0.25, 0.3) is 11.1 Å². The van der Waals surface area contributed by atoms with E-state index in [1.54, 1.807) is 30.3 Å².